The topological polar surface area (TPSA) is 66.9 Å². The van der Waals surface area contributed by atoms with E-state index in [1.807, 2.05) is 32.0 Å². The summed E-state index contributed by atoms with van der Waals surface area (Å²) in [6.45, 7) is 5.51. The van der Waals surface area contributed by atoms with Crippen molar-refractivity contribution in [3.8, 4) is 0 Å². The molecule has 5 nitrogen and oxygen atoms in total. The first-order valence-corrected chi connectivity index (χ1v) is 8.39. The molecule has 0 spiro atoms. The van der Waals surface area contributed by atoms with Gasteiger partial charge in [0.25, 0.3) is 5.91 Å². The van der Waals surface area contributed by atoms with Gasteiger partial charge in [-0.2, -0.15) is 0 Å². The minimum Gasteiger partial charge on any atom is -0.340 e. The van der Waals surface area contributed by atoms with Crippen molar-refractivity contribution in [2.24, 2.45) is 0 Å². The maximum Gasteiger partial charge on any atom is 0.274 e. The van der Waals surface area contributed by atoms with E-state index in [2.05, 4.69) is 20.6 Å². The SMILES string of the molecule is Cc1ccc(Nc2cc(C(=O)Nc3ccc(F)c(F)c3F)nc(C)n2)c(C)c1. The van der Waals surface area contributed by atoms with Crippen molar-refractivity contribution >= 4 is 23.1 Å². The summed E-state index contributed by atoms with van der Waals surface area (Å²) in [7, 11) is 0. The first-order valence-electron chi connectivity index (χ1n) is 8.39. The Hall–Kier alpha value is -3.42. The van der Waals surface area contributed by atoms with Crippen LogP contribution >= 0.6 is 0 Å². The third-order valence-electron chi connectivity index (χ3n) is 4.00. The fourth-order valence-corrected chi connectivity index (χ4v) is 2.65. The highest BCUT2D eigenvalue weighted by Gasteiger charge is 2.17. The number of carbonyl (C=O) groups excluding carboxylic acids is 1. The molecular formula is C20H17F3N4O. The van der Waals surface area contributed by atoms with E-state index in [9.17, 15) is 18.0 Å². The summed E-state index contributed by atoms with van der Waals surface area (Å²) in [5.74, 6) is -4.57. The summed E-state index contributed by atoms with van der Waals surface area (Å²) < 4.78 is 40.2. The molecule has 0 aliphatic rings. The summed E-state index contributed by atoms with van der Waals surface area (Å²) in [5.41, 5.74) is 2.37. The lowest BCUT2D eigenvalue weighted by molar-refractivity contribution is 0.102. The van der Waals surface area contributed by atoms with Gasteiger partial charge in [0, 0.05) is 11.8 Å². The zero-order valence-corrected chi connectivity index (χ0v) is 15.4. The Balaban J connectivity index is 1.86. The van der Waals surface area contributed by atoms with E-state index < -0.39 is 29.0 Å². The van der Waals surface area contributed by atoms with Gasteiger partial charge >= 0.3 is 0 Å². The molecule has 2 N–H and O–H groups in total. The first-order chi connectivity index (χ1) is 13.2. The Bertz CT molecular complexity index is 1070. The molecule has 0 bridgehead atoms. The quantitative estimate of drug-likeness (QED) is 0.631. The van der Waals surface area contributed by atoms with Gasteiger partial charge < -0.3 is 10.6 Å². The fraction of sp³-hybridized carbons (Fsp3) is 0.150. The van der Waals surface area contributed by atoms with Crippen LogP contribution in [0.5, 0.6) is 0 Å². The highest BCUT2D eigenvalue weighted by atomic mass is 19.2. The van der Waals surface area contributed by atoms with E-state index in [4.69, 9.17) is 0 Å². The molecule has 3 aromatic rings. The third-order valence-corrected chi connectivity index (χ3v) is 4.00. The number of rotatable bonds is 4. The van der Waals surface area contributed by atoms with Crippen molar-refractivity contribution in [1.29, 1.82) is 0 Å². The van der Waals surface area contributed by atoms with Crippen LogP contribution in [0.3, 0.4) is 0 Å². The number of nitrogens with one attached hydrogen (secondary N) is 2. The minimum absolute atomic E-state index is 0.0519. The van der Waals surface area contributed by atoms with E-state index in [1.165, 1.54) is 6.07 Å². The van der Waals surface area contributed by atoms with Crippen molar-refractivity contribution in [3.63, 3.8) is 0 Å². The van der Waals surface area contributed by atoms with Crippen LogP contribution in [0.2, 0.25) is 0 Å². The maximum absolute atomic E-state index is 13.8. The second kappa shape index (κ2) is 7.67. The molecule has 0 saturated carbocycles. The molecule has 0 radical (unpaired) electrons. The van der Waals surface area contributed by atoms with Crippen molar-refractivity contribution in [2.75, 3.05) is 10.6 Å². The Morgan fingerprint density at radius 2 is 1.61 bits per heavy atom. The van der Waals surface area contributed by atoms with E-state index in [-0.39, 0.29) is 5.69 Å². The van der Waals surface area contributed by atoms with Crippen LogP contribution in [-0.4, -0.2) is 15.9 Å². The average Bonchev–Trinajstić information content (AvgIpc) is 2.64. The number of aromatic nitrogens is 2. The normalized spacial score (nSPS) is 10.6. The lowest BCUT2D eigenvalue weighted by Crippen LogP contribution is -2.17. The molecule has 1 amide bonds. The Morgan fingerprint density at radius 1 is 0.893 bits per heavy atom. The highest BCUT2D eigenvalue weighted by Crippen LogP contribution is 2.22. The Kier molecular flexibility index (Phi) is 5.30. The summed E-state index contributed by atoms with van der Waals surface area (Å²) in [5, 5.41) is 5.31. The largest absolute Gasteiger partial charge is 0.340 e. The summed E-state index contributed by atoms with van der Waals surface area (Å²) in [6, 6.07) is 8.87. The first kappa shape index (κ1) is 19.3. The van der Waals surface area contributed by atoms with E-state index in [1.54, 1.807) is 6.92 Å². The van der Waals surface area contributed by atoms with Crippen molar-refractivity contribution in [1.82, 2.24) is 9.97 Å². The smallest absolute Gasteiger partial charge is 0.274 e. The van der Waals surface area contributed by atoms with Gasteiger partial charge in [0.15, 0.2) is 17.5 Å². The van der Waals surface area contributed by atoms with Gasteiger partial charge in [0.1, 0.15) is 17.3 Å². The number of benzene rings is 2. The molecule has 0 aliphatic heterocycles. The van der Waals surface area contributed by atoms with Crippen LogP contribution in [-0.2, 0) is 0 Å². The van der Waals surface area contributed by atoms with Gasteiger partial charge in [-0.15, -0.1) is 0 Å². The molecule has 8 heteroatoms. The van der Waals surface area contributed by atoms with Crippen molar-refractivity contribution < 1.29 is 18.0 Å². The standard InChI is InChI=1S/C20H17F3N4O/c1-10-4-6-14(11(2)8-10)26-17-9-16(24-12(3)25-17)20(28)27-15-7-5-13(21)18(22)19(15)23/h4-9H,1-3H3,(H,27,28)(H,24,25,26). The lowest BCUT2D eigenvalue weighted by atomic mass is 10.1. The predicted molar refractivity (Wildman–Crippen MR) is 100 cm³/mol. The number of aryl methyl sites for hydroxylation is 3. The monoisotopic (exact) mass is 386 g/mol. The summed E-state index contributed by atoms with van der Waals surface area (Å²) >= 11 is 0. The van der Waals surface area contributed by atoms with Gasteiger partial charge in [0.2, 0.25) is 0 Å². The summed E-state index contributed by atoms with van der Waals surface area (Å²) in [6.07, 6.45) is 0. The van der Waals surface area contributed by atoms with Crippen LogP contribution in [0.1, 0.15) is 27.4 Å². The van der Waals surface area contributed by atoms with Gasteiger partial charge in [0.05, 0.1) is 5.69 Å². The van der Waals surface area contributed by atoms with E-state index in [0.29, 0.717) is 11.6 Å². The molecule has 0 aliphatic carbocycles. The summed E-state index contributed by atoms with van der Waals surface area (Å²) in [4.78, 5) is 20.7. The number of anilines is 3. The Labute approximate surface area is 159 Å². The molecular weight excluding hydrogens is 369 g/mol. The van der Waals surface area contributed by atoms with Gasteiger partial charge in [-0.25, -0.2) is 23.1 Å². The molecule has 144 valence electrons. The van der Waals surface area contributed by atoms with Crippen molar-refractivity contribution in [3.05, 3.63) is 76.5 Å². The maximum atomic E-state index is 13.8. The molecule has 0 unspecified atom stereocenters. The molecule has 1 heterocycles. The van der Waals surface area contributed by atoms with Gasteiger partial charge in [-0.05, 0) is 44.5 Å². The van der Waals surface area contributed by atoms with E-state index >= 15 is 0 Å². The molecule has 0 atom stereocenters. The molecule has 0 saturated heterocycles. The fourth-order valence-electron chi connectivity index (χ4n) is 2.65. The number of carbonyl (C=O) groups is 1. The minimum atomic E-state index is -1.66. The van der Waals surface area contributed by atoms with Crippen LogP contribution in [0.15, 0.2) is 36.4 Å². The third kappa shape index (κ3) is 4.11. The number of amides is 1. The van der Waals surface area contributed by atoms with Gasteiger partial charge in [-0.3, -0.25) is 4.79 Å². The molecule has 3 rings (SSSR count). The van der Waals surface area contributed by atoms with Crippen LogP contribution < -0.4 is 10.6 Å². The Morgan fingerprint density at radius 3 is 2.32 bits per heavy atom. The molecule has 0 fully saturated rings. The lowest BCUT2D eigenvalue weighted by Gasteiger charge is -2.12. The zero-order valence-electron chi connectivity index (χ0n) is 15.4. The number of halogens is 3. The number of hydrogen-bond donors (Lipinski definition) is 2. The number of hydrogen-bond acceptors (Lipinski definition) is 4. The van der Waals surface area contributed by atoms with Crippen LogP contribution in [0, 0.1) is 38.2 Å². The predicted octanol–water partition coefficient (Wildman–Crippen LogP) is 4.82. The van der Waals surface area contributed by atoms with Crippen LogP contribution in [0.4, 0.5) is 30.4 Å². The second-order valence-corrected chi connectivity index (χ2v) is 6.31. The van der Waals surface area contributed by atoms with Crippen LogP contribution in [0.25, 0.3) is 0 Å². The molecule has 2 aromatic carbocycles. The van der Waals surface area contributed by atoms with Crippen molar-refractivity contribution in [2.45, 2.75) is 20.8 Å². The van der Waals surface area contributed by atoms with E-state index in [0.717, 1.165) is 28.9 Å². The number of nitrogens with zero attached hydrogens (tertiary/aromatic N) is 2. The van der Waals surface area contributed by atoms with Gasteiger partial charge in [-0.1, -0.05) is 17.7 Å². The molecule has 28 heavy (non-hydrogen) atoms. The second-order valence-electron chi connectivity index (χ2n) is 6.31. The average molecular weight is 386 g/mol. The molecule has 1 aromatic heterocycles. The zero-order chi connectivity index (χ0) is 20.4. The highest BCUT2D eigenvalue weighted by molar-refractivity contribution is 6.03.